The third-order valence-electron chi connectivity index (χ3n) is 2.86. The van der Waals surface area contributed by atoms with Crippen LogP contribution >= 0.6 is 0 Å². The summed E-state index contributed by atoms with van der Waals surface area (Å²) in [4.78, 5) is 2.17. The van der Waals surface area contributed by atoms with Crippen LogP contribution in [0.5, 0.6) is 0 Å². The summed E-state index contributed by atoms with van der Waals surface area (Å²) in [7, 11) is 0. The maximum atomic E-state index is 3.85. The molecule has 1 heteroatoms. The molecule has 0 amide bonds. The van der Waals surface area contributed by atoms with Gasteiger partial charge in [-0.15, -0.1) is 0 Å². The second-order valence-corrected chi connectivity index (χ2v) is 4.03. The number of allylic oxidation sites excluding steroid dienone is 3. The van der Waals surface area contributed by atoms with Gasteiger partial charge in [0.15, 0.2) is 0 Å². The monoisotopic (exact) mass is 227 g/mol. The van der Waals surface area contributed by atoms with Crippen LogP contribution in [-0.2, 0) is 0 Å². The molecule has 17 heavy (non-hydrogen) atoms. The van der Waals surface area contributed by atoms with Gasteiger partial charge in [0.25, 0.3) is 0 Å². The fraction of sp³-hybridized carbons (Fsp3) is 0.250. The topological polar surface area (TPSA) is 3.24 Å². The molecule has 1 aromatic carbocycles. The van der Waals surface area contributed by atoms with Crippen molar-refractivity contribution in [3.8, 4) is 0 Å². The van der Waals surface area contributed by atoms with Gasteiger partial charge in [-0.25, -0.2) is 0 Å². The summed E-state index contributed by atoms with van der Waals surface area (Å²) in [5.41, 5.74) is 4.81. The van der Waals surface area contributed by atoms with Crippen molar-refractivity contribution in [2.45, 2.75) is 27.7 Å². The Morgan fingerprint density at radius 2 is 2.00 bits per heavy atom. The third-order valence-corrected chi connectivity index (χ3v) is 2.86. The van der Waals surface area contributed by atoms with Crippen LogP contribution in [0.15, 0.2) is 48.8 Å². The highest BCUT2D eigenvalue weighted by atomic mass is 15.1. The standard InChI is InChI=1S/C16H21N/c1-6-11-17(14(5)7-2)16-10-9-13(4)15(8-3)12-16/h6-12H,3H2,1-2,4-5H3/b11-6-,14-7?. The second-order valence-electron chi connectivity index (χ2n) is 4.03. The molecule has 0 aliphatic carbocycles. The van der Waals surface area contributed by atoms with E-state index in [-0.39, 0.29) is 0 Å². The summed E-state index contributed by atoms with van der Waals surface area (Å²) < 4.78 is 0. The Labute approximate surface area is 105 Å². The van der Waals surface area contributed by atoms with Crippen molar-refractivity contribution >= 4 is 11.8 Å². The SMILES string of the molecule is C=Cc1cc(N(/C=C\C)C(C)=CC)ccc1C. The minimum atomic E-state index is 1.17. The van der Waals surface area contributed by atoms with Crippen LogP contribution in [0.25, 0.3) is 6.08 Å². The molecule has 0 fully saturated rings. The molecule has 0 unspecified atom stereocenters. The number of nitrogens with zero attached hydrogens (tertiary/aromatic N) is 1. The first-order chi connectivity index (χ1) is 8.13. The Balaban J connectivity index is 3.24. The predicted octanol–water partition coefficient (Wildman–Crippen LogP) is 4.90. The third kappa shape index (κ3) is 3.10. The number of hydrogen-bond acceptors (Lipinski definition) is 1. The van der Waals surface area contributed by atoms with Crippen LogP contribution in [0.4, 0.5) is 5.69 Å². The largest absolute Gasteiger partial charge is 0.322 e. The van der Waals surface area contributed by atoms with Crippen molar-refractivity contribution in [2.24, 2.45) is 0 Å². The first kappa shape index (κ1) is 13.3. The molecule has 0 aliphatic heterocycles. The Morgan fingerprint density at radius 3 is 2.53 bits per heavy atom. The van der Waals surface area contributed by atoms with Crippen LogP contribution in [-0.4, -0.2) is 0 Å². The van der Waals surface area contributed by atoms with E-state index in [9.17, 15) is 0 Å². The van der Waals surface area contributed by atoms with E-state index >= 15 is 0 Å². The van der Waals surface area contributed by atoms with Gasteiger partial charge in [0.2, 0.25) is 0 Å². The predicted molar refractivity (Wildman–Crippen MR) is 78.0 cm³/mol. The Morgan fingerprint density at radius 1 is 1.29 bits per heavy atom. The fourth-order valence-electron chi connectivity index (χ4n) is 1.69. The summed E-state index contributed by atoms with van der Waals surface area (Å²) >= 11 is 0. The summed E-state index contributed by atoms with van der Waals surface area (Å²) in [6.07, 6.45) is 8.12. The van der Waals surface area contributed by atoms with Gasteiger partial charge in [-0.2, -0.15) is 0 Å². The van der Waals surface area contributed by atoms with Gasteiger partial charge in [-0.05, 0) is 51.0 Å². The van der Waals surface area contributed by atoms with E-state index in [4.69, 9.17) is 0 Å². The molecule has 0 radical (unpaired) electrons. The molecule has 1 rings (SSSR count). The maximum absolute atomic E-state index is 3.85. The van der Waals surface area contributed by atoms with Gasteiger partial charge in [-0.1, -0.05) is 30.9 Å². The van der Waals surface area contributed by atoms with Crippen molar-refractivity contribution in [3.63, 3.8) is 0 Å². The average molecular weight is 227 g/mol. The van der Waals surface area contributed by atoms with E-state index in [1.54, 1.807) is 0 Å². The normalized spacial score (nSPS) is 11.9. The summed E-state index contributed by atoms with van der Waals surface area (Å²) in [5.74, 6) is 0. The molecule has 0 heterocycles. The Hall–Kier alpha value is -1.76. The molecule has 1 nitrogen and oxygen atoms in total. The van der Waals surface area contributed by atoms with E-state index in [0.29, 0.717) is 0 Å². The number of benzene rings is 1. The lowest BCUT2D eigenvalue weighted by atomic mass is 10.1. The van der Waals surface area contributed by atoms with E-state index in [1.807, 2.05) is 19.1 Å². The molecule has 1 aromatic rings. The number of aryl methyl sites for hydroxylation is 1. The Kier molecular flexibility index (Phi) is 4.77. The van der Waals surface area contributed by atoms with Crippen LogP contribution in [0.3, 0.4) is 0 Å². The molecule has 0 N–H and O–H groups in total. The summed E-state index contributed by atoms with van der Waals surface area (Å²) in [6.45, 7) is 12.1. The van der Waals surface area contributed by atoms with Gasteiger partial charge in [0.05, 0.1) is 0 Å². The second kappa shape index (κ2) is 6.09. The molecular formula is C16H21N. The fourth-order valence-corrected chi connectivity index (χ4v) is 1.69. The molecule has 0 spiro atoms. The zero-order valence-electron chi connectivity index (χ0n) is 11.2. The highest BCUT2D eigenvalue weighted by Gasteiger charge is 2.05. The van der Waals surface area contributed by atoms with Crippen LogP contribution in [0.1, 0.15) is 31.9 Å². The van der Waals surface area contributed by atoms with Crippen LogP contribution in [0.2, 0.25) is 0 Å². The van der Waals surface area contributed by atoms with Gasteiger partial charge >= 0.3 is 0 Å². The molecule has 90 valence electrons. The van der Waals surface area contributed by atoms with Crippen LogP contribution in [0, 0.1) is 6.92 Å². The lowest BCUT2D eigenvalue weighted by Gasteiger charge is -2.22. The minimum Gasteiger partial charge on any atom is -0.322 e. The van der Waals surface area contributed by atoms with E-state index in [1.165, 1.54) is 22.5 Å². The molecule has 0 bridgehead atoms. The lowest BCUT2D eigenvalue weighted by Crippen LogP contribution is -2.13. The molecule has 0 saturated carbocycles. The van der Waals surface area contributed by atoms with E-state index in [0.717, 1.165) is 0 Å². The molecular weight excluding hydrogens is 206 g/mol. The number of hydrogen-bond donors (Lipinski definition) is 0. The first-order valence-electron chi connectivity index (χ1n) is 5.92. The smallest absolute Gasteiger partial charge is 0.0458 e. The maximum Gasteiger partial charge on any atom is 0.0458 e. The Bertz CT molecular complexity index is 453. The number of anilines is 1. The zero-order chi connectivity index (χ0) is 12.8. The van der Waals surface area contributed by atoms with Gasteiger partial charge in [0, 0.05) is 17.6 Å². The average Bonchev–Trinajstić information content (AvgIpc) is 2.36. The van der Waals surface area contributed by atoms with Crippen LogP contribution < -0.4 is 4.90 Å². The van der Waals surface area contributed by atoms with Crippen molar-refractivity contribution < 1.29 is 0 Å². The molecule has 0 aromatic heterocycles. The van der Waals surface area contributed by atoms with Gasteiger partial charge < -0.3 is 4.90 Å². The highest BCUT2D eigenvalue weighted by Crippen LogP contribution is 2.23. The lowest BCUT2D eigenvalue weighted by molar-refractivity contribution is 1.13. The van der Waals surface area contributed by atoms with E-state index < -0.39 is 0 Å². The summed E-state index contributed by atoms with van der Waals surface area (Å²) in [5, 5.41) is 0. The quantitative estimate of drug-likeness (QED) is 0.707. The first-order valence-corrected chi connectivity index (χ1v) is 5.92. The van der Waals surface area contributed by atoms with Gasteiger partial charge in [-0.3, -0.25) is 0 Å². The zero-order valence-corrected chi connectivity index (χ0v) is 11.2. The highest BCUT2D eigenvalue weighted by molar-refractivity contribution is 5.63. The van der Waals surface area contributed by atoms with Crippen molar-refractivity contribution in [1.82, 2.24) is 0 Å². The van der Waals surface area contributed by atoms with Crippen molar-refractivity contribution in [2.75, 3.05) is 4.90 Å². The number of rotatable bonds is 4. The minimum absolute atomic E-state index is 1.17. The van der Waals surface area contributed by atoms with Crippen molar-refractivity contribution in [3.05, 3.63) is 60.0 Å². The summed E-state index contributed by atoms with van der Waals surface area (Å²) in [6, 6.07) is 6.43. The van der Waals surface area contributed by atoms with Gasteiger partial charge in [0.1, 0.15) is 0 Å². The molecule has 0 atom stereocenters. The molecule has 0 aliphatic rings. The molecule has 0 saturated heterocycles. The van der Waals surface area contributed by atoms with E-state index in [2.05, 4.69) is 62.7 Å². The van der Waals surface area contributed by atoms with Crippen molar-refractivity contribution in [1.29, 1.82) is 0 Å².